The molecule has 2 aromatic rings. The number of rotatable bonds is 5. The highest BCUT2D eigenvalue weighted by molar-refractivity contribution is 6.33. The number of nitrogens with two attached hydrogens (primary N) is 1. The van der Waals surface area contributed by atoms with Gasteiger partial charge in [0.05, 0.1) is 23.4 Å². The van der Waals surface area contributed by atoms with Gasteiger partial charge in [-0.25, -0.2) is 0 Å². The second-order valence-electron chi connectivity index (χ2n) is 4.78. The molecule has 0 radical (unpaired) electrons. The maximum Gasteiger partial charge on any atom is 0.251 e. The van der Waals surface area contributed by atoms with E-state index in [4.69, 9.17) is 17.3 Å². The Morgan fingerprint density at radius 3 is 2.57 bits per heavy atom. The summed E-state index contributed by atoms with van der Waals surface area (Å²) >= 11 is 5.90. The van der Waals surface area contributed by atoms with Crippen molar-refractivity contribution in [1.82, 2.24) is 5.32 Å². The average Bonchev–Trinajstić information content (AvgIpc) is 2.50. The quantitative estimate of drug-likeness (QED) is 0.742. The third-order valence-corrected chi connectivity index (χ3v) is 3.47. The Kier molecular flexibility index (Phi) is 5.20. The molecule has 0 saturated heterocycles. The predicted octanol–water partition coefficient (Wildman–Crippen LogP) is 2.26. The molecule has 4 nitrogen and oxygen atoms in total. The van der Waals surface area contributed by atoms with Crippen LogP contribution < -0.4 is 11.1 Å². The molecule has 0 unspecified atom stereocenters. The number of anilines is 1. The summed E-state index contributed by atoms with van der Waals surface area (Å²) in [4.78, 5) is 12.1. The van der Waals surface area contributed by atoms with Crippen LogP contribution in [0.25, 0.3) is 0 Å². The molecule has 1 atom stereocenters. The molecule has 4 N–H and O–H groups in total. The minimum atomic E-state index is -0.351. The highest BCUT2D eigenvalue weighted by atomic mass is 35.5. The van der Waals surface area contributed by atoms with Gasteiger partial charge in [0.15, 0.2) is 0 Å². The van der Waals surface area contributed by atoms with E-state index < -0.39 is 0 Å². The molecule has 2 rings (SSSR count). The molecule has 0 aliphatic heterocycles. The number of benzene rings is 2. The van der Waals surface area contributed by atoms with Gasteiger partial charge in [0.1, 0.15) is 0 Å². The van der Waals surface area contributed by atoms with Crippen LogP contribution in [0.3, 0.4) is 0 Å². The van der Waals surface area contributed by atoms with Gasteiger partial charge in [-0.2, -0.15) is 0 Å². The summed E-state index contributed by atoms with van der Waals surface area (Å²) in [5.41, 5.74) is 7.51. The largest absolute Gasteiger partial charge is 0.398 e. The van der Waals surface area contributed by atoms with Crippen molar-refractivity contribution in [3.63, 3.8) is 0 Å². The third-order valence-electron chi connectivity index (χ3n) is 3.14. The molecule has 0 saturated carbocycles. The van der Waals surface area contributed by atoms with E-state index in [1.165, 1.54) is 6.07 Å². The van der Waals surface area contributed by atoms with Crippen LogP contribution in [0.15, 0.2) is 48.5 Å². The highest BCUT2D eigenvalue weighted by Gasteiger charge is 2.14. The van der Waals surface area contributed by atoms with Crippen LogP contribution in [0.2, 0.25) is 5.02 Å². The minimum absolute atomic E-state index is 0.136. The van der Waals surface area contributed by atoms with E-state index in [-0.39, 0.29) is 18.6 Å². The number of hydrogen-bond acceptors (Lipinski definition) is 3. The van der Waals surface area contributed by atoms with E-state index in [0.29, 0.717) is 22.7 Å². The topological polar surface area (TPSA) is 75.4 Å². The number of aliphatic hydroxyl groups is 1. The van der Waals surface area contributed by atoms with Crippen molar-refractivity contribution in [2.24, 2.45) is 0 Å². The molecule has 21 heavy (non-hydrogen) atoms. The molecular weight excluding hydrogens is 288 g/mol. The van der Waals surface area contributed by atoms with Crippen molar-refractivity contribution in [2.45, 2.75) is 12.5 Å². The maximum absolute atomic E-state index is 12.1. The monoisotopic (exact) mass is 304 g/mol. The predicted molar refractivity (Wildman–Crippen MR) is 84.4 cm³/mol. The Morgan fingerprint density at radius 1 is 1.24 bits per heavy atom. The molecule has 0 aromatic heterocycles. The normalized spacial score (nSPS) is 11.9. The summed E-state index contributed by atoms with van der Waals surface area (Å²) < 4.78 is 0. The van der Waals surface area contributed by atoms with E-state index in [0.717, 1.165) is 5.56 Å². The van der Waals surface area contributed by atoms with Crippen LogP contribution in [-0.2, 0) is 6.42 Å². The number of hydrogen-bond donors (Lipinski definition) is 3. The van der Waals surface area contributed by atoms with E-state index in [9.17, 15) is 9.90 Å². The Labute approximate surface area is 128 Å². The standard InChI is InChI=1S/C16H17ClN2O2/c17-14-9-12(6-7-15(14)18)16(21)19-13(10-20)8-11-4-2-1-3-5-11/h1-7,9,13,20H,8,10,18H2,(H,19,21)/t13-/m0/s1. The van der Waals surface area contributed by atoms with Gasteiger partial charge in [-0.1, -0.05) is 41.9 Å². The number of nitrogens with one attached hydrogen (secondary N) is 1. The average molecular weight is 305 g/mol. The lowest BCUT2D eigenvalue weighted by Gasteiger charge is -2.16. The second-order valence-corrected chi connectivity index (χ2v) is 5.19. The van der Waals surface area contributed by atoms with Crippen LogP contribution >= 0.6 is 11.6 Å². The van der Waals surface area contributed by atoms with Crippen molar-refractivity contribution in [3.8, 4) is 0 Å². The van der Waals surface area contributed by atoms with E-state index in [1.807, 2.05) is 30.3 Å². The third kappa shape index (κ3) is 4.21. The lowest BCUT2D eigenvalue weighted by molar-refractivity contribution is 0.0916. The van der Waals surface area contributed by atoms with Crippen LogP contribution in [0.1, 0.15) is 15.9 Å². The lowest BCUT2D eigenvalue weighted by Crippen LogP contribution is -2.39. The van der Waals surface area contributed by atoms with Gasteiger partial charge in [-0.3, -0.25) is 4.79 Å². The van der Waals surface area contributed by atoms with Crippen molar-refractivity contribution in [2.75, 3.05) is 12.3 Å². The Morgan fingerprint density at radius 2 is 1.95 bits per heavy atom. The molecule has 0 fully saturated rings. The summed E-state index contributed by atoms with van der Waals surface area (Å²) in [6, 6.07) is 14.0. The van der Waals surface area contributed by atoms with Crippen molar-refractivity contribution in [1.29, 1.82) is 0 Å². The number of aliphatic hydroxyl groups excluding tert-OH is 1. The molecule has 0 spiro atoms. The fraction of sp³-hybridized carbons (Fsp3) is 0.188. The van der Waals surface area contributed by atoms with Crippen LogP contribution in [0.5, 0.6) is 0 Å². The van der Waals surface area contributed by atoms with Gasteiger partial charge >= 0.3 is 0 Å². The van der Waals surface area contributed by atoms with Crippen LogP contribution in [0, 0.1) is 0 Å². The summed E-state index contributed by atoms with van der Waals surface area (Å²) in [5.74, 6) is -0.285. The number of carbonyl (C=O) groups is 1. The first-order chi connectivity index (χ1) is 10.1. The zero-order valence-electron chi connectivity index (χ0n) is 11.4. The lowest BCUT2D eigenvalue weighted by atomic mass is 10.1. The van der Waals surface area contributed by atoms with Crippen molar-refractivity contribution < 1.29 is 9.90 Å². The number of nitrogen functional groups attached to an aromatic ring is 1. The van der Waals surface area contributed by atoms with E-state index in [1.54, 1.807) is 12.1 Å². The molecule has 110 valence electrons. The fourth-order valence-corrected chi connectivity index (χ4v) is 2.18. The smallest absolute Gasteiger partial charge is 0.251 e. The molecule has 0 heterocycles. The number of amides is 1. The molecule has 0 aliphatic rings. The van der Waals surface area contributed by atoms with Gasteiger partial charge in [-0.15, -0.1) is 0 Å². The highest BCUT2D eigenvalue weighted by Crippen LogP contribution is 2.19. The van der Waals surface area contributed by atoms with Gasteiger partial charge < -0.3 is 16.2 Å². The molecule has 0 bridgehead atoms. The summed E-state index contributed by atoms with van der Waals surface area (Å²) in [7, 11) is 0. The van der Waals surface area contributed by atoms with Crippen molar-refractivity contribution in [3.05, 3.63) is 64.7 Å². The minimum Gasteiger partial charge on any atom is -0.398 e. The molecule has 0 aliphatic carbocycles. The van der Waals surface area contributed by atoms with Gasteiger partial charge in [0.25, 0.3) is 5.91 Å². The first-order valence-corrected chi connectivity index (χ1v) is 6.98. The van der Waals surface area contributed by atoms with Gasteiger partial charge in [0, 0.05) is 5.56 Å². The number of halogens is 1. The Bertz CT molecular complexity index is 617. The second kappa shape index (κ2) is 7.11. The SMILES string of the molecule is Nc1ccc(C(=O)N[C@H](CO)Cc2ccccc2)cc1Cl. The van der Waals surface area contributed by atoms with Crippen LogP contribution in [-0.4, -0.2) is 23.7 Å². The molecule has 2 aromatic carbocycles. The van der Waals surface area contributed by atoms with Gasteiger partial charge in [-0.05, 0) is 30.2 Å². The number of carbonyl (C=O) groups excluding carboxylic acids is 1. The molecule has 5 heteroatoms. The zero-order chi connectivity index (χ0) is 15.2. The summed E-state index contributed by atoms with van der Waals surface area (Å²) in [5, 5.41) is 12.5. The first kappa shape index (κ1) is 15.4. The van der Waals surface area contributed by atoms with Gasteiger partial charge in [0.2, 0.25) is 0 Å². The Hall–Kier alpha value is -2.04. The van der Waals surface area contributed by atoms with Crippen molar-refractivity contribution >= 4 is 23.2 Å². The van der Waals surface area contributed by atoms with E-state index in [2.05, 4.69) is 5.32 Å². The fourth-order valence-electron chi connectivity index (χ4n) is 2.00. The maximum atomic E-state index is 12.1. The van der Waals surface area contributed by atoms with Crippen LogP contribution in [0.4, 0.5) is 5.69 Å². The summed E-state index contributed by atoms with van der Waals surface area (Å²) in [6.07, 6.45) is 0.561. The molecular formula is C16H17ClN2O2. The summed E-state index contributed by atoms with van der Waals surface area (Å²) in [6.45, 7) is -0.136. The zero-order valence-corrected chi connectivity index (χ0v) is 12.2. The van der Waals surface area contributed by atoms with E-state index >= 15 is 0 Å². The first-order valence-electron chi connectivity index (χ1n) is 6.61. The Balaban J connectivity index is 2.04. The molecule has 1 amide bonds.